The number of fused-ring (bicyclic) bond motifs is 1. The van der Waals surface area contributed by atoms with Crippen LogP contribution in [-0.2, 0) is 14.4 Å². The standard InChI is InChI=1S/C22H27N3O5S/c1-11-17-16(12(2)26)21(28)25(17)18(22(29)30)19(11)31-14-9-15(24(3)10-14)20(27)23-13-7-5-4-6-8-13/h4-8,11-12,14-17,26H,9-10H2,1-3H3,(H,23,27)(H,29,30)/t11-,12-,14+,15+,16-,17-/m1/s1. The number of carbonyl (C=O) groups is 3. The smallest absolute Gasteiger partial charge is 0.353 e. The molecule has 1 aromatic carbocycles. The average molecular weight is 446 g/mol. The fraction of sp³-hybridized carbons (Fsp3) is 0.500. The summed E-state index contributed by atoms with van der Waals surface area (Å²) in [7, 11) is 1.89. The number of aliphatic carboxylic acids is 1. The van der Waals surface area contributed by atoms with Gasteiger partial charge in [0.2, 0.25) is 11.8 Å². The summed E-state index contributed by atoms with van der Waals surface area (Å²) in [6.45, 7) is 4.12. The van der Waals surface area contributed by atoms with Gasteiger partial charge in [-0.1, -0.05) is 25.1 Å². The van der Waals surface area contributed by atoms with Crippen LogP contribution in [0.5, 0.6) is 0 Å². The normalized spacial score (nSPS) is 31.4. The number of para-hydroxylation sites is 1. The lowest BCUT2D eigenvalue weighted by Crippen LogP contribution is -2.63. The molecule has 166 valence electrons. The van der Waals surface area contributed by atoms with Gasteiger partial charge >= 0.3 is 5.97 Å². The van der Waals surface area contributed by atoms with Crippen LogP contribution in [0.3, 0.4) is 0 Å². The third kappa shape index (κ3) is 3.75. The number of anilines is 1. The molecule has 0 aromatic heterocycles. The van der Waals surface area contributed by atoms with Gasteiger partial charge in [-0.3, -0.25) is 14.5 Å². The molecule has 31 heavy (non-hydrogen) atoms. The van der Waals surface area contributed by atoms with Gasteiger partial charge in [-0.25, -0.2) is 4.79 Å². The molecule has 3 aliphatic heterocycles. The van der Waals surface area contributed by atoms with Crippen molar-refractivity contribution in [3.63, 3.8) is 0 Å². The number of amides is 2. The van der Waals surface area contributed by atoms with Gasteiger partial charge in [-0.05, 0) is 32.5 Å². The summed E-state index contributed by atoms with van der Waals surface area (Å²) < 4.78 is 0. The van der Waals surface area contributed by atoms with E-state index in [-0.39, 0.29) is 40.8 Å². The van der Waals surface area contributed by atoms with Crippen molar-refractivity contribution in [2.24, 2.45) is 11.8 Å². The highest BCUT2D eigenvalue weighted by Gasteiger charge is 2.60. The van der Waals surface area contributed by atoms with Crippen LogP contribution in [0.4, 0.5) is 5.69 Å². The van der Waals surface area contributed by atoms with E-state index in [1.807, 2.05) is 49.2 Å². The number of likely N-dealkylation sites (tertiary alicyclic amines) is 1. The molecule has 0 unspecified atom stereocenters. The van der Waals surface area contributed by atoms with Crippen molar-refractivity contribution in [3.8, 4) is 0 Å². The lowest BCUT2D eigenvalue weighted by molar-refractivity contribution is -0.163. The maximum Gasteiger partial charge on any atom is 0.353 e. The van der Waals surface area contributed by atoms with Crippen LogP contribution in [0.1, 0.15) is 20.3 Å². The van der Waals surface area contributed by atoms with Gasteiger partial charge in [-0.15, -0.1) is 11.8 Å². The first-order valence-electron chi connectivity index (χ1n) is 10.4. The van der Waals surface area contributed by atoms with E-state index in [1.54, 1.807) is 6.92 Å². The molecule has 0 aliphatic carbocycles. The number of aliphatic hydroxyl groups is 1. The molecule has 2 fully saturated rings. The molecule has 1 aromatic rings. The van der Waals surface area contributed by atoms with Crippen LogP contribution >= 0.6 is 11.8 Å². The number of thioether (sulfide) groups is 1. The van der Waals surface area contributed by atoms with Gasteiger partial charge in [-0.2, -0.15) is 0 Å². The molecular weight excluding hydrogens is 418 g/mol. The maximum atomic E-state index is 12.8. The molecule has 3 heterocycles. The Balaban J connectivity index is 1.48. The summed E-state index contributed by atoms with van der Waals surface area (Å²) in [5.74, 6) is -2.28. The zero-order chi connectivity index (χ0) is 22.4. The first-order valence-corrected chi connectivity index (χ1v) is 11.3. The predicted molar refractivity (Wildman–Crippen MR) is 117 cm³/mol. The Morgan fingerprint density at radius 1 is 1.26 bits per heavy atom. The number of hydrogen-bond donors (Lipinski definition) is 3. The Hall–Kier alpha value is -2.36. The van der Waals surface area contributed by atoms with Crippen molar-refractivity contribution in [1.29, 1.82) is 0 Å². The largest absolute Gasteiger partial charge is 0.477 e. The van der Waals surface area contributed by atoms with Gasteiger partial charge in [0.1, 0.15) is 5.70 Å². The molecule has 4 rings (SSSR count). The molecule has 0 saturated carbocycles. The topological polar surface area (TPSA) is 110 Å². The third-order valence-electron chi connectivity index (χ3n) is 6.46. The van der Waals surface area contributed by atoms with E-state index in [0.717, 1.165) is 5.69 Å². The van der Waals surface area contributed by atoms with Crippen molar-refractivity contribution in [2.45, 2.75) is 43.7 Å². The van der Waals surface area contributed by atoms with E-state index in [1.165, 1.54) is 16.7 Å². The predicted octanol–water partition coefficient (Wildman–Crippen LogP) is 1.58. The quantitative estimate of drug-likeness (QED) is 0.570. The average Bonchev–Trinajstić information content (AvgIpc) is 3.19. The van der Waals surface area contributed by atoms with Crippen molar-refractivity contribution in [1.82, 2.24) is 9.80 Å². The van der Waals surface area contributed by atoms with E-state index in [9.17, 15) is 24.6 Å². The van der Waals surface area contributed by atoms with E-state index in [0.29, 0.717) is 17.9 Å². The van der Waals surface area contributed by atoms with Crippen LogP contribution in [0, 0.1) is 11.8 Å². The molecule has 0 spiro atoms. The number of carboxylic acids is 1. The molecule has 6 atom stereocenters. The van der Waals surface area contributed by atoms with Crippen molar-refractivity contribution < 1.29 is 24.6 Å². The van der Waals surface area contributed by atoms with Crippen molar-refractivity contribution in [3.05, 3.63) is 40.9 Å². The number of aliphatic hydroxyl groups excluding tert-OH is 1. The lowest BCUT2D eigenvalue weighted by Gasteiger charge is -2.46. The molecule has 0 radical (unpaired) electrons. The summed E-state index contributed by atoms with van der Waals surface area (Å²) in [6.07, 6.45) is -0.235. The van der Waals surface area contributed by atoms with Crippen LogP contribution in [0.15, 0.2) is 40.9 Å². The zero-order valence-corrected chi connectivity index (χ0v) is 18.5. The second-order valence-electron chi connectivity index (χ2n) is 8.56. The second kappa shape index (κ2) is 8.29. The minimum absolute atomic E-state index is 0.0297. The monoisotopic (exact) mass is 445 g/mol. The van der Waals surface area contributed by atoms with E-state index in [2.05, 4.69) is 5.32 Å². The summed E-state index contributed by atoms with van der Waals surface area (Å²) in [5, 5.41) is 22.7. The molecule has 2 saturated heterocycles. The van der Waals surface area contributed by atoms with Crippen molar-refractivity contribution in [2.75, 3.05) is 18.9 Å². The number of likely N-dealkylation sites (N-methyl/N-ethyl adjacent to an activating group) is 1. The first kappa shape index (κ1) is 21.9. The Morgan fingerprint density at radius 3 is 2.55 bits per heavy atom. The van der Waals surface area contributed by atoms with E-state index < -0.39 is 18.0 Å². The van der Waals surface area contributed by atoms with Gasteiger partial charge < -0.3 is 20.4 Å². The summed E-state index contributed by atoms with van der Waals surface area (Å²) in [5.41, 5.74) is 0.772. The highest BCUT2D eigenvalue weighted by atomic mass is 32.2. The lowest BCUT2D eigenvalue weighted by atomic mass is 9.79. The molecule has 8 nitrogen and oxygen atoms in total. The van der Waals surface area contributed by atoms with Gasteiger partial charge in [0.05, 0.1) is 24.1 Å². The van der Waals surface area contributed by atoms with Crippen LogP contribution in [0.25, 0.3) is 0 Å². The fourth-order valence-corrected chi connectivity index (χ4v) is 6.55. The van der Waals surface area contributed by atoms with Crippen molar-refractivity contribution >= 4 is 35.2 Å². The molecule has 9 heteroatoms. The molecule has 2 amide bonds. The molecule has 3 aliphatic rings. The minimum atomic E-state index is -1.13. The van der Waals surface area contributed by atoms with Crippen LogP contribution < -0.4 is 5.32 Å². The van der Waals surface area contributed by atoms with Crippen LogP contribution in [0.2, 0.25) is 0 Å². The van der Waals surface area contributed by atoms with E-state index in [4.69, 9.17) is 0 Å². The Morgan fingerprint density at radius 2 is 1.94 bits per heavy atom. The summed E-state index contributed by atoms with van der Waals surface area (Å²) in [6, 6.07) is 8.64. The third-order valence-corrected chi connectivity index (χ3v) is 7.95. The SMILES string of the molecule is C[C@@H](O)[C@H]1C(=O)N2C(C(=O)O)=C(S[C@H]3C[C@@H](C(=O)Nc4ccccc4)N(C)C3)[C@H](C)[C@H]12. The maximum absolute atomic E-state index is 12.8. The van der Waals surface area contributed by atoms with E-state index >= 15 is 0 Å². The van der Waals surface area contributed by atoms with Gasteiger partial charge in [0, 0.05) is 28.3 Å². The van der Waals surface area contributed by atoms with Crippen LogP contribution in [-0.4, -0.2) is 74.8 Å². The second-order valence-corrected chi connectivity index (χ2v) is 9.90. The fourth-order valence-electron chi connectivity index (χ4n) is 4.95. The number of nitrogens with one attached hydrogen (secondary N) is 1. The number of rotatable bonds is 6. The summed E-state index contributed by atoms with van der Waals surface area (Å²) in [4.78, 5) is 41.2. The Bertz CT molecular complexity index is 934. The molecule has 3 N–H and O–H groups in total. The molecular formula is C22H27N3O5S. The highest BCUT2D eigenvalue weighted by molar-refractivity contribution is 8.03. The Labute approximate surface area is 185 Å². The minimum Gasteiger partial charge on any atom is -0.477 e. The molecule has 0 bridgehead atoms. The summed E-state index contributed by atoms with van der Waals surface area (Å²) >= 11 is 1.46. The number of benzene rings is 1. The number of hydrogen-bond acceptors (Lipinski definition) is 6. The van der Waals surface area contributed by atoms with Gasteiger partial charge in [0.25, 0.3) is 0 Å². The number of carboxylic acid groups (broad SMARTS) is 1. The number of carbonyl (C=O) groups excluding carboxylic acids is 2. The number of β-lactam (4-membered cyclic amide) rings is 1. The highest BCUT2D eigenvalue weighted by Crippen LogP contribution is 2.52. The Kier molecular flexibility index (Phi) is 5.85. The number of nitrogens with zero attached hydrogens (tertiary/aromatic N) is 2. The van der Waals surface area contributed by atoms with Gasteiger partial charge in [0.15, 0.2) is 0 Å². The first-order chi connectivity index (χ1) is 14.7. The zero-order valence-electron chi connectivity index (χ0n) is 17.7.